The molecule has 0 N–H and O–H groups in total. The normalized spacial score (nSPS) is 16.0. The number of esters is 1. The van der Waals surface area contributed by atoms with Gasteiger partial charge in [-0.3, -0.25) is 0 Å². The lowest BCUT2D eigenvalue weighted by molar-refractivity contribution is 0.0102. The molecule has 0 aromatic heterocycles. The number of piperidine rings is 1. The van der Waals surface area contributed by atoms with E-state index in [0.29, 0.717) is 38.1 Å². The molecule has 0 saturated carbocycles. The van der Waals surface area contributed by atoms with Gasteiger partial charge in [0, 0.05) is 13.1 Å². The molecule has 28 heavy (non-hydrogen) atoms. The van der Waals surface area contributed by atoms with Crippen molar-refractivity contribution in [3.05, 3.63) is 65.7 Å². The second-order valence-electron chi connectivity index (χ2n) is 6.64. The highest BCUT2D eigenvalue weighted by atomic mass is 32.2. The van der Waals surface area contributed by atoms with Crippen molar-refractivity contribution < 1.29 is 22.7 Å². The van der Waals surface area contributed by atoms with Crippen LogP contribution in [0.1, 0.15) is 35.7 Å². The maximum atomic E-state index is 12.8. The predicted octanol–water partition coefficient (Wildman–Crippen LogP) is 3.23. The molecule has 0 radical (unpaired) electrons. The van der Waals surface area contributed by atoms with Gasteiger partial charge >= 0.3 is 5.97 Å². The molecule has 1 aliphatic heterocycles. The van der Waals surface area contributed by atoms with Gasteiger partial charge in [0.25, 0.3) is 0 Å². The zero-order valence-electron chi connectivity index (χ0n) is 15.9. The van der Waals surface area contributed by atoms with E-state index in [1.54, 1.807) is 6.92 Å². The summed E-state index contributed by atoms with van der Waals surface area (Å²) in [7, 11) is -3.58. The van der Waals surface area contributed by atoms with Gasteiger partial charge in [-0.25, -0.2) is 13.2 Å². The van der Waals surface area contributed by atoms with Crippen molar-refractivity contribution in [2.24, 2.45) is 0 Å². The molecule has 6 nitrogen and oxygen atoms in total. The van der Waals surface area contributed by atoms with Gasteiger partial charge in [-0.05, 0) is 49.6 Å². The van der Waals surface area contributed by atoms with Crippen molar-refractivity contribution in [2.75, 3.05) is 19.7 Å². The van der Waals surface area contributed by atoms with E-state index in [-0.39, 0.29) is 17.6 Å². The molecule has 1 saturated heterocycles. The lowest BCUT2D eigenvalue weighted by Crippen LogP contribution is -2.40. The highest BCUT2D eigenvalue weighted by molar-refractivity contribution is 7.89. The Morgan fingerprint density at radius 2 is 1.68 bits per heavy atom. The molecule has 0 amide bonds. The fraction of sp³-hybridized carbons (Fsp3) is 0.381. The Kier molecular flexibility index (Phi) is 6.83. The van der Waals surface area contributed by atoms with Crippen LogP contribution in [0.2, 0.25) is 0 Å². The minimum absolute atomic E-state index is 0.0536. The summed E-state index contributed by atoms with van der Waals surface area (Å²) >= 11 is 0. The maximum absolute atomic E-state index is 12.8. The first kappa shape index (κ1) is 20.5. The third-order valence-electron chi connectivity index (χ3n) is 4.73. The Balaban J connectivity index is 1.56. The zero-order valence-corrected chi connectivity index (χ0v) is 16.7. The number of rotatable bonds is 7. The quantitative estimate of drug-likeness (QED) is 0.664. The number of carbonyl (C=O) groups is 1. The van der Waals surface area contributed by atoms with Crippen LogP contribution in [0.25, 0.3) is 0 Å². The van der Waals surface area contributed by atoms with E-state index < -0.39 is 16.0 Å². The molecule has 7 heteroatoms. The van der Waals surface area contributed by atoms with Gasteiger partial charge < -0.3 is 9.47 Å². The Morgan fingerprint density at radius 1 is 1.04 bits per heavy atom. The van der Waals surface area contributed by atoms with E-state index in [2.05, 4.69) is 0 Å². The number of hydrogen-bond acceptors (Lipinski definition) is 5. The molecule has 0 aliphatic carbocycles. The minimum atomic E-state index is -3.58. The summed E-state index contributed by atoms with van der Waals surface area (Å²) in [6.07, 6.45) is 1.37. The summed E-state index contributed by atoms with van der Waals surface area (Å²) in [5.41, 5.74) is 1.45. The molecule has 2 aromatic carbocycles. The molecule has 3 rings (SSSR count). The van der Waals surface area contributed by atoms with Crippen molar-refractivity contribution in [2.45, 2.75) is 37.4 Å². The molecule has 0 atom stereocenters. The molecule has 0 spiro atoms. The standard InChI is InChI=1S/C21H25NO5S/c1-2-26-21(23)18-8-10-20(11-9-18)28(24,25)22-14-12-19(13-15-22)27-16-17-6-4-3-5-7-17/h3-11,19H,2,12-16H2,1H3. The van der Waals surface area contributed by atoms with Crippen molar-refractivity contribution >= 4 is 16.0 Å². The first-order valence-electron chi connectivity index (χ1n) is 9.43. The summed E-state index contributed by atoms with van der Waals surface area (Å²) in [6, 6.07) is 15.8. The monoisotopic (exact) mass is 403 g/mol. The first-order valence-corrected chi connectivity index (χ1v) is 10.9. The SMILES string of the molecule is CCOC(=O)c1ccc(S(=O)(=O)N2CCC(OCc3ccccc3)CC2)cc1. The average molecular weight is 404 g/mol. The molecule has 1 fully saturated rings. The number of ether oxygens (including phenoxy) is 2. The molecule has 0 unspecified atom stereocenters. The van der Waals surface area contributed by atoms with Crippen molar-refractivity contribution in [3.63, 3.8) is 0 Å². The van der Waals surface area contributed by atoms with Crippen LogP contribution in [0.3, 0.4) is 0 Å². The fourth-order valence-electron chi connectivity index (χ4n) is 3.15. The van der Waals surface area contributed by atoms with Crippen LogP contribution in [0.5, 0.6) is 0 Å². The molecule has 150 valence electrons. The molecule has 1 heterocycles. The first-order chi connectivity index (χ1) is 13.5. The van der Waals surface area contributed by atoms with Gasteiger partial charge in [0.15, 0.2) is 0 Å². The van der Waals surface area contributed by atoms with Crippen LogP contribution in [0.4, 0.5) is 0 Å². The lowest BCUT2D eigenvalue weighted by atomic mass is 10.1. The number of benzene rings is 2. The highest BCUT2D eigenvalue weighted by Crippen LogP contribution is 2.23. The zero-order chi connectivity index (χ0) is 20.0. The van der Waals surface area contributed by atoms with E-state index in [1.165, 1.54) is 28.6 Å². The van der Waals surface area contributed by atoms with Gasteiger partial charge in [0.1, 0.15) is 0 Å². The fourth-order valence-corrected chi connectivity index (χ4v) is 4.62. The Labute approximate surface area is 166 Å². The van der Waals surface area contributed by atoms with Gasteiger partial charge in [-0.15, -0.1) is 0 Å². The number of carbonyl (C=O) groups excluding carboxylic acids is 1. The van der Waals surface area contributed by atoms with Crippen LogP contribution < -0.4 is 0 Å². The van der Waals surface area contributed by atoms with Crippen molar-refractivity contribution in [3.8, 4) is 0 Å². The molecule has 0 bridgehead atoms. The van der Waals surface area contributed by atoms with E-state index in [9.17, 15) is 13.2 Å². The van der Waals surface area contributed by atoms with Gasteiger partial charge in [0.05, 0.1) is 29.8 Å². The van der Waals surface area contributed by atoms with Crippen molar-refractivity contribution in [1.82, 2.24) is 4.31 Å². The molecule has 1 aliphatic rings. The van der Waals surface area contributed by atoms with Gasteiger partial charge in [-0.2, -0.15) is 4.31 Å². The number of nitrogens with zero attached hydrogens (tertiary/aromatic N) is 1. The summed E-state index contributed by atoms with van der Waals surface area (Å²) in [6.45, 7) is 3.38. The van der Waals surface area contributed by atoms with E-state index in [1.807, 2.05) is 30.3 Å². The van der Waals surface area contributed by atoms with Crippen molar-refractivity contribution in [1.29, 1.82) is 0 Å². The summed E-state index contributed by atoms with van der Waals surface area (Å²) in [5.74, 6) is -0.456. The predicted molar refractivity (Wildman–Crippen MR) is 105 cm³/mol. The van der Waals surface area contributed by atoms with E-state index in [0.717, 1.165) is 5.56 Å². The van der Waals surface area contributed by atoms with Crippen LogP contribution in [0.15, 0.2) is 59.5 Å². The summed E-state index contributed by atoms with van der Waals surface area (Å²) in [5, 5.41) is 0. The third-order valence-corrected chi connectivity index (χ3v) is 6.65. The summed E-state index contributed by atoms with van der Waals surface area (Å²) in [4.78, 5) is 11.9. The number of hydrogen-bond donors (Lipinski definition) is 0. The smallest absolute Gasteiger partial charge is 0.338 e. The average Bonchev–Trinajstić information content (AvgIpc) is 2.73. The molecule has 2 aromatic rings. The third kappa shape index (κ3) is 4.98. The molecular formula is C21H25NO5S. The van der Waals surface area contributed by atoms with Crippen LogP contribution in [-0.2, 0) is 26.1 Å². The minimum Gasteiger partial charge on any atom is -0.462 e. The van der Waals surface area contributed by atoms with E-state index in [4.69, 9.17) is 9.47 Å². The Hall–Kier alpha value is -2.22. The largest absolute Gasteiger partial charge is 0.462 e. The highest BCUT2D eigenvalue weighted by Gasteiger charge is 2.29. The Morgan fingerprint density at radius 3 is 2.29 bits per heavy atom. The lowest BCUT2D eigenvalue weighted by Gasteiger charge is -2.31. The van der Waals surface area contributed by atoms with E-state index >= 15 is 0 Å². The second kappa shape index (κ2) is 9.32. The van der Waals surface area contributed by atoms with Gasteiger partial charge in [-0.1, -0.05) is 30.3 Å². The topological polar surface area (TPSA) is 72.9 Å². The maximum Gasteiger partial charge on any atom is 0.338 e. The van der Waals surface area contributed by atoms with Crippen LogP contribution in [0, 0.1) is 0 Å². The second-order valence-corrected chi connectivity index (χ2v) is 8.58. The van der Waals surface area contributed by atoms with Crippen LogP contribution in [-0.4, -0.2) is 44.5 Å². The van der Waals surface area contributed by atoms with Crippen LogP contribution >= 0.6 is 0 Å². The number of sulfonamides is 1. The molecular weight excluding hydrogens is 378 g/mol. The van der Waals surface area contributed by atoms with Gasteiger partial charge in [0.2, 0.25) is 10.0 Å². The Bertz CT molecular complexity index is 873. The summed E-state index contributed by atoms with van der Waals surface area (Å²) < 4.78 is 38.0.